The third-order valence-corrected chi connectivity index (χ3v) is 2.56. The summed E-state index contributed by atoms with van der Waals surface area (Å²) in [6.45, 7) is 5.18. The third kappa shape index (κ3) is 5.09. The number of hydrogen-bond acceptors (Lipinski definition) is 3. The Morgan fingerprint density at radius 3 is 2.35 bits per heavy atom. The van der Waals surface area contributed by atoms with Gasteiger partial charge in [0.1, 0.15) is 0 Å². The van der Waals surface area contributed by atoms with Crippen LogP contribution in [0, 0.1) is 0 Å². The zero-order valence-electron chi connectivity index (χ0n) is 10.7. The molecule has 1 aromatic rings. The summed E-state index contributed by atoms with van der Waals surface area (Å²) < 4.78 is 11.1. The second-order valence-corrected chi connectivity index (χ2v) is 3.93. The van der Waals surface area contributed by atoms with Crippen molar-refractivity contribution in [1.29, 1.82) is 0 Å². The minimum absolute atomic E-state index is 0.208. The molecule has 1 aromatic carbocycles. The number of para-hydroxylation sites is 2. The molecule has 0 fully saturated rings. The van der Waals surface area contributed by atoms with Crippen molar-refractivity contribution in [1.82, 2.24) is 0 Å². The fourth-order valence-corrected chi connectivity index (χ4v) is 1.55. The van der Waals surface area contributed by atoms with Crippen molar-refractivity contribution in [3.63, 3.8) is 0 Å². The number of aliphatic hydroxyl groups excluding tert-OH is 1. The molecule has 17 heavy (non-hydrogen) atoms. The summed E-state index contributed by atoms with van der Waals surface area (Å²) >= 11 is 0. The van der Waals surface area contributed by atoms with E-state index in [1.165, 1.54) is 0 Å². The number of aliphatic hydroxyl groups is 1. The smallest absolute Gasteiger partial charge is 0.161 e. The molecule has 0 aliphatic rings. The molecular formula is C14H22O3. The Bertz CT molecular complexity index is 312. The molecule has 1 N–H and O–H groups in total. The minimum Gasteiger partial charge on any atom is -0.490 e. The Balaban J connectivity index is 2.35. The number of benzene rings is 1. The van der Waals surface area contributed by atoms with Gasteiger partial charge in [0.15, 0.2) is 11.5 Å². The van der Waals surface area contributed by atoms with E-state index in [0.29, 0.717) is 13.2 Å². The molecule has 96 valence electrons. The zero-order chi connectivity index (χ0) is 12.5. The van der Waals surface area contributed by atoms with Crippen LogP contribution in [0.3, 0.4) is 0 Å². The highest BCUT2D eigenvalue weighted by Crippen LogP contribution is 2.26. The van der Waals surface area contributed by atoms with Crippen LogP contribution < -0.4 is 9.47 Å². The fourth-order valence-electron chi connectivity index (χ4n) is 1.55. The average molecular weight is 238 g/mol. The van der Waals surface area contributed by atoms with Gasteiger partial charge in [-0.15, -0.1) is 0 Å². The standard InChI is InChI=1S/C14H22O3/c1-3-12(15)8-7-11-17-14-10-6-5-9-13(14)16-4-2/h5-6,9-10,12,15H,3-4,7-8,11H2,1-2H3. The van der Waals surface area contributed by atoms with Crippen molar-refractivity contribution < 1.29 is 14.6 Å². The van der Waals surface area contributed by atoms with Gasteiger partial charge in [-0.05, 0) is 38.3 Å². The van der Waals surface area contributed by atoms with E-state index < -0.39 is 0 Å². The summed E-state index contributed by atoms with van der Waals surface area (Å²) in [7, 11) is 0. The van der Waals surface area contributed by atoms with Crippen molar-refractivity contribution in [3.8, 4) is 11.5 Å². The highest BCUT2D eigenvalue weighted by Gasteiger charge is 2.04. The Morgan fingerprint density at radius 1 is 1.12 bits per heavy atom. The van der Waals surface area contributed by atoms with Crippen LogP contribution in [0.25, 0.3) is 0 Å². The van der Waals surface area contributed by atoms with E-state index in [-0.39, 0.29) is 6.10 Å². The first-order valence-electron chi connectivity index (χ1n) is 6.30. The summed E-state index contributed by atoms with van der Waals surface area (Å²) in [4.78, 5) is 0. The topological polar surface area (TPSA) is 38.7 Å². The maximum Gasteiger partial charge on any atom is 0.161 e. The van der Waals surface area contributed by atoms with Gasteiger partial charge in [0, 0.05) is 0 Å². The molecule has 1 unspecified atom stereocenters. The number of rotatable bonds is 8. The Morgan fingerprint density at radius 2 is 1.76 bits per heavy atom. The fraction of sp³-hybridized carbons (Fsp3) is 0.571. The maximum atomic E-state index is 9.41. The van der Waals surface area contributed by atoms with Crippen molar-refractivity contribution >= 4 is 0 Å². The van der Waals surface area contributed by atoms with Crippen LogP contribution in [0.1, 0.15) is 33.1 Å². The molecule has 1 atom stereocenters. The minimum atomic E-state index is -0.208. The molecule has 1 rings (SSSR count). The van der Waals surface area contributed by atoms with Crippen LogP contribution in [-0.4, -0.2) is 24.4 Å². The zero-order valence-corrected chi connectivity index (χ0v) is 10.7. The van der Waals surface area contributed by atoms with Crippen LogP contribution in [0.4, 0.5) is 0 Å². The van der Waals surface area contributed by atoms with Gasteiger partial charge in [-0.1, -0.05) is 19.1 Å². The molecule has 0 saturated carbocycles. The molecule has 0 spiro atoms. The molecule has 0 amide bonds. The lowest BCUT2D eigenvalue weighted by Crippen LogP contribution is -2.07. The molecule has 0 bridgehead atoms. The molecule has 0 heterocycles. The van der Waals surface area contributed by atoms with Gasteiger partial charge in [0.05, 0.1) is 19.3 Å². The Hall–Kier alpha value is -1.22. The van der Waals surface area contributed by atoms with E-state index in [9.17, 15) is 5.11 Å². The first-order chi connectivity index (χ1) is 8.27. The van der Waals surface area contributed by atoms with E-state index in [2.05, 4.69) is 0 Å². The van der Waals surface area contributed by atoms with Crippen molar-refractivity contribution in [2.45, 2.75) is 39.2 Å². The number of ether oxygens (including phenoxy) is 2. The molecule has 0 aliphatic heterocycles. The molecular weight excluding hydrogens is 216 g/mol. The molecule has 0 radical (unpaired) electrons. The summed E-state index contributed by atoms with van der Waals surface area (Å²) in [5.41, 5.74) is 0. The van der Waals surface area contributed by atoms with Gasteiger partial charge >= 0.3 is 0 Å². The number of hydrogen-bond donors (Lipinski definition) is 1. The molecule has 3 nitrogen and oxygen atoms in total. The van der Waals surface area contributed by atoms with Gasteiger partial charge in [0.25, 0.3) is 0 Å². The third-order valence-electron chi connectivity index (χ3n) is 2.56. The average Bonchev–Trinajstić information content (AvgIpc) is 2.36. The lowest BCUT2D eigenvalue weighted by Gasteiger charge is -2.12. The van der Waals surface area contributed by atoms with Crippen LogP contribution >= 0.6 is 0 Å². The van der Waals surface area contributed by atoms with E-state index in [1.54, 1.807) is 0 Å². The normalized spacial score (nSPS) is 12.2. The maximum absolute atomic E-state index is 9.41. The molecule has 0 aliphatic carbocycles. The first-order valence-corrected chi connectivity index (χ1v) is 6.30. The highest BCUT2D eigenvalue weighted by atomic mass is 16.5. The van der Waals surface area contributed by atoms with Crippen LogP contribution in [0.15, 0.2) is 24.3 Å². The summed E-state index contributed by atoms with van der Waals surface area (Å²) in [6, 6.07) is 7.67. The molecule has 0 aromatic heterocycles. The van der Waals surface area contributed by atoms with Crippen molar-refractivity contribution in [2.24, 2.45) is 0 Å². The van der Waals surface area contributed by atoms with Gasteiger partial charge in [-0.2, -0.15) is 0 Å². The predicted molar refractivity (Wildman–Crippen MR) is 68.6 cm³/mol. The second kappa shape index (κ2) is 7.96. The van der Waals surface area contributed by atoms with Gasteiger partial charge < -0.3 is 14.6 Å². The van der Waals surface area contributed by atoms with Gasteiger partial charge in [-0.25, -0.2) is 0 Å². The second-order valence-electron chi connectivity index (χ2n) is 3.93. The van der Waals surface area contributed by atoms with E-state index >= 15 is 0 Å². The SMILES string of the molecule is CCOc1ccccc1OCCCC(O)CC. The van der Waals surface area contributed by atoms with Crippen LogP contribution in [0.2, 0.25) is 0 Å². The summed E-state index contributed by atoms with van der Waals surface area (Å²) in [6.07, 6.45) is 2.24. The monoisotopic (exact) mass is 238 g/mol. The van der Waals surface area contributed by atoms with E-state index in [4.69, 9.17) is 9.47 Å². The first kappa shape index (κ1) is 13.8. The lowest BCUT2D eigenvalue weighted by molar-refractivity contribution is 0.148. The summed E-state index contributed by atoms with van der Waals surface area (Å²) in [5.74, 6) is 1.56. The summed E-state index contributed by atoms with van der Waals surface area (Å²) in [5, 5.41) is 9.41. The quantitative estimate of drug-likeness (QED) is 0.707. The molecule has 0 saturated heterocycles. The predicted octanol–water partition coefficient (Wildman–Crippen LogP) is 3.02. The van der Waals surface area contributed by atoms with Crippen molar-refractivity contribution in [3.05, 3.63) is 24.3 Å². The van der Waals surface area contributed by atoms with Crippen molar-refractivity contribution in [2.75, 3.05) is 13.2 Å². The van der Waals surface area contributed by atoms with Crippen LogP contribution in [0.5, 0.6) is 11.5 Å². The molecule has 3 heteroatoms. The van der Waals surface area contributed by atoms with Crippen LogP contribution in [-0.2, 0) is 0 Å². The van der Waals surface area contributed by atoms with Gasteiger partial charge in [0.2, 0.25) is 0 Å². The van der Waals surface area contributed by atoms with E-state index in [0.717, 1.165) is 30.8 Å². The Labute approximate surface area is 103 Å². The highest BCUT2D eigenvalue weighted by molar-refractivity contribution is 5.39. The Kier molecular flexibility index (Phi) is 6.48. The lowest BCUT2D eigenvalue weighted by atomic mass is 10.1. The van der Waals surface area contributed by atoms with Gasteiger partial charge in [-0.3, -0.25) is 0 Å². The van der Waals surface area contributed by atoms with E-state index in [1.807, 2.05) is 38.1 Å². The largest absolute Gasteiger partial charge is 0.490 e.